The largest absolute Gasteiger partial charge is 0.465 e. The van der Waals surface area contributed by atoms with E-state index in [2.05, 4.69) is 32.6 Å². The molecule has 0 fully saturated rings. The molecule has 0 rings (SSSR count). The summed E-state index contributed by atoms with van der Waals surface area (Å²) in [5.41, 5.74) is 0. The smallest absolute Gasteiger partial charge is 0.308 e. The molecule has 0 aromatic rings. The number of aliphatic hydroxyl groups excluding tert-OH is 2. The second-order valence-electron chi connectivity index (χ2n) is 21.0. The highest BCUT2D eigenvalue weighted by Crippen LogP contribution is 2.24. The van der Waals surface area contributed by atoms with E-state index in [1.54, 1.807) is 0 Å². The summed E-state index contributed by atoms with van der Waals surface area (Å²) in [6.07, 6.45) is 57.2. The summed E-state index contributed by atoms with van der Waals surface area (Å²) in [6, 6.07) is 0. The molecule has 66 heavy (non-hydrogen) atoms. The number of carbonyl (C=O) groups excluding carboxylic acids is 1. The van der Waals surface area contributed by atoms with Gasteiger partial charge in [0.1, 0.15) is 0 Å². The van der Waals surface area contributed by atoms with Crippen molar-refractivity contribution in [2.75, 3.05) is 39.5 Å². The van der Waals surface area contributed by atoms with Gasteiger partial charge in [0.2, 0.25) is 0 Å². The monoisotopic (exact) mass is 936 g/mol. The minimum Gasteiger partial charge on any atom is -0.465 e. The first kappa shape index (κ1) is 65.3. The molecule has 0 radical (unpaired) electrons. The molecular weight excluding hydrogens is 815 g/mol. The molecule has 0 aliphatic carbocycles. The summed E-state index contributed by atoms with van der Waals surface area (Å²) in [5.74, 6) is 0.523. The van der Waals surface area contributed by atoms with Crippen LogP contribution in [-0.4, -0.2) is 66.8 Å². The van der Waals surface area contributed by atoms with Gasteiger partial charge in [-0.1, -0.05) is 259 Å². The molecule has 0 aromatic carbocycles. The van der Waals surface area contributed by atoms with Crippen LogP contribution in [0.15, 0.2) is 0 Å². The average Bonchev–Trinajstić information content (AvgIpc) is 3.32. The van der Waals surface area contributed by atoms with Crippen molar-refractivity contribution in [3.63, 3.8) is 0 Å². The topological polar surface area (TPSA) is 79.2 Å². The Bertz CT molecular complexity index is 917. The van der Waals surface area contributed by atoms with Crippen LogP contribution in [0, 0.1) is 11.8 Å². The van der Waals surface area contributed by atoms with Gasteiger partial charge in [-0.05, 0) is 83.8 Å². The molecule has 0 amide bonds. The lowest BCUT2D eigenvalue weighted by Gasteiger charge is -2.23. The molecule has 2 N–H and O–H groups in total. The lowest BCUT2D eigenvalue weighted by molar-refractivity contribution is -0.149. The van der Waals surface area contributed by atoms with Gasteiger partial charge in [0.05, 0.1) is 12.5 Å². The molecular formula is C60H121NO5. The van der Waals surface area contributed by atoms with Crippen LogP contribution in [0.25, 0.3) is 0 Å². The van der Waals surface area contributed by atoms with Gasteiger partial charge in [0, 0.05) is 19.1 Å². The highest BCUT2D eigenvalue weighted by atomic mass is 16.6. The van der Waals surface area contributed by atoms with Crippen LogP contribution in [0.1, 0.15) is 323 Å². The Balaban J connectivity index is 3.96. The van der Waals surface area contributed by atoms with Gasteiger partial charge >= 0.3 is 5.97 Å². The van der Waals surface area contributed by atoms with E-state index in [0.29, 0.717) is 25.7 Å². The fourth-order valence-corrected chi connectivity index (χ4v) is 9.94. The molecule has 0 bridgehead atoms. The number of aliphatic hydroxyl groups is 2. The predicted molar refractivity (Wildman–Crippen MR) is 289 cm³/mol. The lowest BCUT2D eigenvalue weighted by atomic mass is 9.93. The van der Waals surface area contributed by atoms with Crippen molar-refractivity contribution in [1.82, 2.24) is 4.90 Å². The van der Waals surface area contributed by atoms with E-state index in [4.69, 9.17) is 9.47 Å². The van der Waals surface area contributed by atoms with Gasteiger partial charge in [-0.2, -0.15) is 0 Å². The fourth-order valence-electron chi connectivity index (χ4n) is 9.94. The summed E-state index contributed by atoms with van der Waals surface area (Å²) in [7, 11) is 0. The van der Waals surface area contributed by atoms with Crippen molar-refractivity contribution in [1.29, 1.82) is 0 Å². The van der Waals surface area contributed by atoms with E-state index < -0.39 is 6.29 Å². The summed E-state index contributed by atoms with van der Waals surface area (Å²) >= 11 is 0. The first-order valence-electron chi connectivity index (χ1n) is 30.3. The molecule has 3 atom stereocenters. The van der Waals surface area contributed by atoms with Gasteiger partial charge in [-0.3, -0.25) is 4.79 Å². The maximum atomic E-state index is 12.9. The standard InChI is InChI=1S/C60H121NO5/c1-5-9-13-17-31-39-49-57(47-37-15-11-7-3)59(63)65-55-45-35-29-25-21-19-23-27-33-41-51-61(53-43-44-54-62)52-42-34-28-24-20-22-26-30-36-46-56-66-60(64)58(48-38-16-12-8-4)50-40-32-18-14-10-6-2/h57-59,62-63H,5-56H2,1-4H3. The van der Waals surface area contributed by atoms with Crippen molar-refractivity contribution in [2.24, 2.45) is 11.8 Å². The van der Waals surface area contributed by atoms with Crippen LogP contribution in [-0.2, 0) is 14.3 Å². The highest BCUT2D eigenvalue weighted by Gasteiger charge is 2.20. The lowest BCUT2D eigenvalue weighted by Crippen LogP contribution is -2.27. The van der Waals surface area contributed by atoms with Crippen molar-refractivity contribution in [3.05, 3.63) is 0 Å². The Kier molecular flexibility index (Phi) is 54.7. The molecule has 0 spiro atoms. The van der Waals surface area contributed by atoms with Crippen LogP contribution in [0.2, 0.25) is 0 Å². The van der Waals surface area contributed by atoms with E-state index in [9.17, 15) is 15.0 Å². The molecule has 6 nitrogen and oxygen atoms in total. The number of nitrogens with zero attached hydrogens (tertiary/aromatic N) is 1. The van der Waals surface area contributed by atoms with Gasteiger partial charge in [-0.25, -0.2) is 0 Å². The molecule has 6 heteroatoms. The minimum atomic E-state index is -0.572. The Morgan fingerprint density at radius 1 is 0.379 bits per heavy atom. The number of rotatable bonds is 57. The van der Waals surface area contributed by atoms with Gasteiger partial charge in [0.15, 0.2) is 6.29 Å². The number of hydrogen-bond donors (Lipinski definition) is 2. The van der Waals surface area contributed by atoms with Crippen LogP contribution >= 0.6 is 0 Å². The van der Waals surface area contributed by atoms with Crippen molar-refractivity contribution < 1.29 is 24.5 Å². The predicted octanol–water partition coefficient (Wildman–Crippen LogP) is 18.4. The third-order valence-electron chi connectivity index (χ3n) is 14.6. The van der Waals surface area contributed by atoms with E-state index >= 15 is 0 Å². The summed E-state index contributed by atoms with van der Waals surface area (Å²) < 4.78 is 11.8. The highest BCUT2D eigenvalue weighted by molar-refractivity contribution is 5.72. The quantitative estimate of drug-likeness (QED) is 0.0359. The third kappa shape index (κ3) is 47.0. The van der Waals surface area contributed by atoms with Gasteiger partial charge < -0.3 is 24.6 Å². The number of unbranched alkanes of at least 4 members (excludes halogenated alkanes) is 35. The summed E-state index contributed by atoms with van der Waals surface area (Å²) in [6.45, 7) is 14.3. The molecule has 0 saturated carbocycles. The van der Waals surface area contributed by atoms with E-state index in [1.807, 2.05) is 0 Å². The van der Waals surface area contributed by atoms with Crippen LogP contribution < -0.4 is 0 Å². The molecule has 396 valence electrons. The van der Waals surface area contributed by atoms with Crippen LogP contribution in [0.5, 0.6) is 0 Å². The second kappa shape index (κ2) is 55.2. The van der Waals surface area contributed by atoms with Crippen molar-refractivity contribution >= 4 is 5.97 Å². The zero-order valence-electron chi connectivity index (χ0n) is 45.6. The zero-order chi connectivity index (χ0) is 48.1. The molecule has 0 aliphatic rings. The number of esters is 1. The summed E-state index contributed by atoms with van der Waals surface area (Å²) in [5, 5.41) is 20.2. The molecule has 0 saturated heterocycles. The van der Waals surface area contributed by atoms with Crippen molar-refractivity contribution in [2.45, 2.75) is 329 Å². The molecule has 0 heterocycles. The minimum absolute atomic E-state index is 0.0855. The van der Waals surface area contributed by atoms with Crippen molar-refractivity contribution in [3.8, 4) is 0 Å². The van der Waals surface area contributed by atoms with E-state index in [0.717, 1.165) is 57.9 Å². The van der Waals surface area contributed by atoms with Crippen LogP contribution in [0.3, 0.4) is 0 Å². The first-order chi connectivity index (χ1) is 32.5. The van der Waals surface area contributed by atoms with Gasteiger partial charge in [0.25, 0.3) is 0 Å². The fraction of sp³-hybridized carbons (Fsp3) is 0.983. The number of carbonyl (C=O) groups is 1. The second-order valence-corrected chi connectivity index (χ2v) is 21.0. The first-order valence-corrected chi connectivity index (χ1v) is 30.3. The van der Waals surface area contributed by atoms with Crippen LogP contribution in [0.4, 0.5) is 0 Å². The molecule has 3 unspecified atom stereocenters. The van der Waals surface area contributed by atoms with E-state index in [-0.39, 0.29) is 11.9 Å². The normalized spacial score (nSPS) is 13.2. The maximum absolute atomic E-state index is 12.9. The SMILES string of the molecule is CCCCCCCCC(CCCCCC)C(=O)OCCCCCCCCCCCCN(CCCCO)CCCCCCCCCCCCOC(O)C(CCCCCC)CCCCCCCC. The Morgan fingerprint density at radius 2 is 0.682 bits per heavy atom. The zero-order valence-corrected chi connectivity index (χ0v) is 45.6. The average molecular weight is 937 g/mol. The maximum Gasteiger partial charge on any atom is 0.308 e. The molecule has 0 aliphatic heterocycles. The summed E-state index contributed by atoms with van der Waals surface area (Å²) in [4.78, 5) is 15.6. The number of hydrogen-bond acceptors (Lipinski definition) is 6. The Labute approximate surface area is 414 Å². The molecule has 0 aromatic heterocycles. The Morgan fingerprint density at radius 3 is 1.08 bits per heavy atom. The third-order valence-corrected chi connectivity index (χ3v) is 14.6. The number of ether oxygens (including phenoxy) is 2. The van der Waals surface area contributed by atoms with E-state index in [1.165, 1.54) is 257 Å². The Hall–Kier alpha value is -0.690. The van der Waals surface area contributed by atoms with Gasteiger partial charge in [-0.15, -0.1) is 0 Å².